The maximum Gasteiger partial charge on any atom is 0.0965 e. The van der Waals surface area contributed by atoms with Crippen LogP contribution in [0.3, 0.4) is 0 Å². The predicted molar refractivity (Wildman–Crippen MR) is 65.6 cm³/mol. The minimum Gasteiger partial charge on any atom is -0.390 e. The van der Waals surface area contributed by atoms with Crippen LogP contribution in [-0.2, 0) is 6.42 Å². The molecule has 16 heavy (non-hydrogen) atoms. The molecule has 1 aromatic heterocycles. The van der Waals surface area contributed by atoms with Gasteiger partial charge in [0.2, 0.25) is 0 Å². The fraction of sp³-hybridized carbons (Fsp3) is 0.417. The van der Waals surface area contributed by atoms with Gasteiger partial charge in [0.05, 0.1) is 27.4 Å². The summed E-state index contributed by atoms with van der Waals surface area (Å²) in [6.07, 6.45) is -0.391. The molecule has 86 valence electrons. The van der Waals surface area contributed by atoms with E-state index in [1.165, 1.54) is 0 Å². The van der Waals surface area contributed by atoms with E-state index < -0.39 is 12.2 Å². The van der Waals surface area contributed by atoms with Gasteiger partial charge in [-0.05, 0) is 18.6 Å². The number of aliphatic hydroxyl groups excluding tert-OH is 2. The van der Waals surface area contributed by atoms with Gasteiger partial charge < -0.3 is 10.2 Å². The molecule has 0 fully saturated rings. The molecular formula is C12H15NO2S. The minimum absolute atomic E-state index is 0.425. The molecule has 0 bridgehead atoms. The van der Waals surface area contributed by atoms with Crippen LogP contribution in [0, 0.1) is 0 Å². The molecule has 0 amide bonds. The summed E-state index contributed by atoms with van der Waals surface area (Å²) >= 11 is 1.57. The molecule has 1 aromatic carbocycles. The SMILES string of the molecule is CCC(O)C(O)Cc1nc2ccccc2s1. The molecule has 1 heterocycles. The van der Waals surface area contributed by atoms with E-state index in [0.29, 0.717) is 12.8 Å². The first kappa shape index (κ1) is 11.5. The number of benzene rings is 1. The molecule has 0 aliphatic heterocycles. The Balaban J connectivity index is 2.15. The van der Waals surface area contributed by atoms with Gasteiger partial charge >= 0.3 is 0 Å². The molecule has 2 atom stereocenters. The van der Waals surface area contributed by atoms with Crippen LogP contribution in [0.25, 0.3) is 10.2 Å². The number of thiazole rings is 1. The molecule has 2 rings (SSSR count). The van der Waals surface area contributed by atoms with Crippen LogP contribution in [-0.4, -0.2) is 27.4 Å². The van der Waals surface area contributed by atoms with E-state index in [-0.39, 0.29) is 0 Å². The average Bonchev–Trinajstić information content (AvgIpc) is 2.69. The van der Waals surface area contributed by atoms with E-state index in [2.05, 4.69) is 4.98 Å². The Morgan fingerprint density at radius 3 is 2.69 bits per heavy atom. The van der Waals surface area contributed by atoms with Crippen LogP contribution in [0.4, 0.5) is 0 Å². The molecule has 0 aliphatic rings. The zero-order chi connectivity index (χ0) is 11.5. The number of rotatable bonds is 4. The number of hydrogen-bond acceptors (Lipinski definition) is 4. The monoisotopic (exact) mass is 237 g/mol. The smallest absolute Gasteiger partial charge is 0.0965 e. The summed E-state index contributed by atoms with van der Waals surface area (Å²) in [6.45, 7) is 1.85. The first-order valence-electron chi connectivity index (χ1n) is 5.41. The lowest BCUT2D eigenvalue weighted by Crippen LogP contribution is -2.27. The third-order valence-corrected chi connectivity index (χ3v) is 3.64. The van der Waals surface area contributed by atoms with E-state index in [4.69, 9.17) is 0 Å². The number of para-hydroxylation sites is 1. The fourth-order valence-electron chi connectivity index (χ4n) is 1.59. The van der Waals surface area contributed by atoms with Crippen LogP contribution in [0.1, 0.15) is 18.4 Å². The van der Waals surface area contributed by atoms with Crippen molar-refractivity contribution in [1.29, 1.82) is 0 Å². The third kappa shape index (κ3) is 2.40. The standard InChI is InChI=1S/C12H15NO2S/c1-2-9(14)10(15)7-12-13-8-5-3-4-6-11(8)16-12/h3-6,9-10,14-15H,2,7H2,1H3. The maximum absolute atomic E-state index is 9.71. The van der Waals surface area contributed by atoms with Crippen molar-refractivity contribution in [3.63, 3.8) is 0 Å². The second-order valence-corrected chi connectivity index (χ2v) is 4.94. The molecule has 2 aromatic rings. The van der Waals surface area contributed by atoms with E-state index in [1.807, 2.05) is 31.2 Å². The van der Waals surface area contributed by atoms with E-state index >= 15 is 0 Å². The highest BCUT2D eigenvalue weighted by atomic mass is 32.1. The van der Waals surface area contributed by atoms with Gasteiger partial charge in [-0.25, -0.2) is 4.98 Å². The van der Waals surface area contributed by atoms with Crippen molar-refractivity contribution in [3.05, 3.63) is 29.3 Å². The van der Waals surface area contributed by atoms with Crippen molar-refractivity contribution in [1.82, 2.24) is 4.98 Å². The number of aliphatic hydroxyl groups is 2. The van der Waals surface area contributed by atoms with Gasteiger partial charge in [-0.3, -0.25) is 0 Å². The van der Waals surface area contributed by atoms with E-state index in [9.17, 15) is 10.2 Å². The van der Waals surface area contributed by atoms with Gasteiger partial charge in [0.1, 0.15) is 0 Å². The van der Waals surface area contributed by atoms with Gasteiger partial charge in [-0.2, -0.15) is 0 Å². The van der Waals surface area contributed by atoms with Crippen molar-refractivity contribution < 1.29 is 10.2 Å². The third-order valence-electron chi connectivity index (χ3n) is 2.58. The Bertz CT molecular complexity index is 436. The lowest BCUT2D eigenvalue weighted by atomic mass is 10.1. The van der Waals surface area contributed by atoms with Gasteiger partial charge in [0.15, 0.2) is 0 Å². The minimum atomic E-state index is -0.717. The lowest BCUT2D eigenvalue weighted by molar-refractivity contribution is 0.0181. The summed E-state index contributed by atoms with van der Waals surface area (Å²) in [5.41, 5.74) is 0.959. The largest absolute Gasteiger partial charge is 0.390 e. The van der Waals surface area contributed by atoms with Gasteiger partial charge in [0.25, 0.3) is 0 Å². The second-order valence-electron chi connectivity index (χ2n) is 3.82. The molecule has 0 aliphatic carbocycles. The normalized spacial score (nSPS) is 15.2. The quantitative estimate of drug-likeness (QED) is 0.854. The zero-order valence-electron chi connectivity index (χ0n) is 9.13. The highest BCUT2D eigenvalue weighted by Crippen LogP contribution is 2.23. The van der Waals surface area contributed by atoms with Gasteiger partial charge in [-0.1, -0.05) is 19.1 Å². The summed E-state index contributed by atoms with van der Waals surface area (Å²) in [5, 5.41) is 20.1. The zero-order valence-corrected chi connectivity index (χ0v) is 9.94. The predicted octanol–water partition coefficient (Wildman–Crippen LogP) is 1.97. The van der Waals surface area contributed by atoms with Crippen LogP contribution in [0.15, 0.2) is 24.3 Å². The number of aromatic nitrogens is 1. The molecule has 0 saturated carbocycles. The number of nitrogens with zero attached hydrogens (tertiary/aromatic N) is 1. The summed E-state index contributed by atoms with van der Waals surface area (Å²) in [7, 11) is 0. The van der Waals surface area contributed by atoms with E-state index in [1.54, 1.807) is 11.3 Å². The van der Waals surface area contributed by atoms with Crippen molar-refractivity contribution in [2.24, 2.45) is 0 Å². The summed E-state index contributed by atoms with van der Waals surface area (Å²) < 4.78 is 1.12. The van der Waals surface area contributed by atoms with Crippen LogP contribution in [0.2, 0.25) is 0 Å². The number of hydrogen-bond donors (Lipinski definition) is 2. The summed E-state index contributed by atoms with van der Waals surface area (Å²) in [5.74, 6) is 0. The molecule has 2 N–H and O–H groups in total. The molecule has 0 radical (unpaired) electrons. The molecule has 0 saturated heterocycles. The van der Waals surface area contributed by atoms with Crippen molar-refractivity contribution in [2.45, 2.75) is 32.0 Å². The van der Waals surface area contributed by atoms with Gasteiger partial charge in [-0.15, -0.1) is 11.3 Å². The highest BCUT2D eigenvalue weighted by molar-refractivity contribution is 7.18. The van der Waals surface area contributed by atoms with Gasteiger partial charge in [0, 0.05) is 6.42 Å². The van der Waals surface area contributed by atoms with Crippen LogP contribution in [0.5, 0.6) is 0 Å². The maximum atomic E-state index is 9.71. The van der Waals surface area contributed by atoms with Crippen molar-refractivity contribution in [2.75, 3.05) is 0 Å². The second kappa shape index (κ2) is 4.91. The summed E-state index contributed by atoms with van der Waals surface area (Å²) in [6, 6.07) is 7.89. The molecular weight excluding hydrogens is 222 g/mol. The Morgan fingerprint density at radius 1 is 1.25 bits per heavy atom. The average molecular weight is 237 g/mol. The molecule has 2 unspecified atom stereocenters. The Morgan fingerprint density at radius 2 is 2.00 bits per heavy atom. The highest BCUT2D eigenvalue weighted by Gasteiger charge is 2.16. The molecule has 0 spiro atoms. The lowest BCUT2D eigenvalue weighted by Gasteiger charge is -2.14. The van der Waals surface area contributed by atoms with Crippen molar-refractivity contribution >= 4 is 21.6 Å². The van der Waals surface area contributed by atoms with Crippen LogP contribution >= 0.6 is 11.3 Å². The fourth-order valence-corrected chi connectivity index (χ4v) is 2.61. The summed E-state index contributed by atoms with van der Waals surface area (Å²) in [4.78, 5) is 4.42. The Kier molecular flexibility index (Phi) is 3.53. The Labute approximate surface area is 98.4 Å². The van der Waals surface area contributed by atoms with E-state index in [0.717, 1.165) is 15.2 Å². The van der Waals surface area contributed by atoms with Crippen LogP contribution < -0.4 is 0 Å². The Hall–Kier alpha value is -0.970. The van der Waals surface area contributed by atoms with Crippen molar-refractivity contribution in [3.8, 4) is 0 Å². The molecule has 3 nitrogen and oxygen atoms in total. The topological polar surface area (TPSA) is 53.4 Å². The first-order chi connectivity index (χ1) is 7.70. The number of fused-ring (bicyclic) bond motifs is 1. The molecule has 4 heteroatoms. The first-order valence-corrected chi connectivity index (χ1v) is 6.23.